The summed E-state index contributed by atoms with van der Waals surface area (Å²) in [6.45, 7) is 0.483. The lowest BCUT2D eigenvalue weighted by atomic mass is 10.1. The third-order valence-electron chi connectivity index (χ3n) is 3.15. The molecule has 0 fully saturated rings. The van der Waals surface area contributed by atoms with Gasteiger partial charge in [-0.15, -0.1) is 0 Å². The van der Waals surface area contributed by atoms with Crippen molar-refractivity contribution in [2.24, 2.45) is 0 Å². The summed E-state index contributed by atoms with van der Waals surface area (Å²) in [5, 5.41) is 3.20. The van der Waals surface area contributed by atoms with Crippen molar-refractivity contribution in [3.8, 4) is 0 Å². The summed E-state index contributed by atoms with van der Waals surface area (Å²) in [6, 6.07) is 10.4. The van der Waals surface area contributed by atoms with E-state index >= 15 is 0 Å². The van der Waals surface area contributed by atoms with Crippen LogP contribution in [0.5, 0.6) is 0 Å². The van der Waals surface area contributed by atoms with Crippen molar-refractivity contribution in [3.05, 3.63) is 70.2 Å². The molecular formula is C17H16ClF2NOS. The fourth-order valence-electron chi connectivity index (χ4n) is 1.96. The molecule has 0 saturated carbocycles. The second-order valence-electron chi connectivity index (χ2n) is 4.91. The number of thioether (sulfide) groups is 1. The largest absolute Gasteiger partial charge is 0.355 e. The maximum absolute atomic E-state index is 13.6. The van der Waals surface area contributed by atoms with Crippen LogP contribution in [0.4, 0.5) is 8.78 Å². The molecule has 2 aromatic rings. The van der Waals surface area contributed by atoms with Gasteiger partial charge >= 0.3 is 0 Å². The van der Waals surface area contributed by atoms with Gasteiger partial charge in [-0.05, 0) is 29.8 Å². The van der Waals surface area contributed by atoms with Crippen molar-refractivity contribution >= 4 is 29.3 Å². The first-order chi connectivity index (χ1) is 11.1. The summed E-state index contributed by atoms with van der Waals surface area (Å²) < 4.78 is 26.3. The van der Waals surface area contributed by atoms with Crippen LogP contribution >= 0.6 is 23.4 Å². The van der Waals surface area contributed by atoms with E-state index in [0.717, 1.165) is 5.56 Å². The molecule has 0 unspecified atom stereocenters. The standard InChI is InChI=1S/C17H16ClF2NOS/c18-15-2-1-3-16(20)14(15)11-23-9-8-21-17(22)10-12-4-6-13(19)7-5-12/h1-7H,8-11H2,(H,21,22). The van der Waals surface area contributed by atoms with Crippen LogP contribution in [-0.4, -0.2) is 18.2 Å². The molecule has 122 valence electrons. The average molecular weight is 356 g/mol. The van der Waals surface area contributed by atoms with Crippen LogP contribution in [0, 0.1) is 11.6 Å². The molecule has 23 heavy (non-hydrogen) atoms. The SMILES string of the molecule is O=C(Cc1ccc(F)cc1)NCCSCc1c(F)cccc1Cl. The minimum absolute atomic E-state index is 0.124. The van der Waals surface area contributed by atoms with Crippen molar-refractivity contribution in [1.82, 2.24) is 5.32 Å². The zero-order chi connectivity index (χ0) is 16.7. The van der Waals surface area contributed by atoms with Gasteiger partial charge in [0.05, 0.1) is 6.42 Å². The minimum atomic E-state index is -0.322. The molecule has 0 aromatic heterocycles. The van der Waals surface area contributed by atoms with Gasteiger partial charge in [-0.3, -0.25) is 4.79 Å². The van der Waals surface area contributed by atoms with Gasteiger partial charge in [0.15, 0.2) is 0 Å². The van der Waals surface area contributed by atoms with Crippen LogP contribution in [0.15, 0.2) is 42.5 Å². The van der Waals surface area contributed by atoms with E-state index in [4.69, 9.17) is 11.6 Å². The summed E-state index contributed by atoms with van der Waals surface area (Å²) in [4.78, 5) is 11.7. The van der Waals surface area contributed by atoms with Crippen LogP contribution < -0.4 is 5.32 Å². The van der Waals surface area contributed by atoms with Crippen molar-refractivity contribution in [2.45, 2.75) is 12.2 Å². The number of amides is 1. The summed E-state index contributed by atoms with van der Waals surface area (Å²) in [7, 11) is 0. The Bertz CT molecular complexity index is 644. The monoisotopic (exact) mass is 355 g/mol. The average Bonchev–Trinajstić information content (AvgIpc) is 2.52. The number of halogens is 3. The third-order valence-corrected chi connectivity index (χ3v) is 4.49. The Morgan fingerprint density at radius 3 is 2.57 bits per heavy atom. The van der Waals surface area contributed by atoms with Gasteiger partial charge in [0.25, 0.3) is 0 Å². The zero-order valence-corrected chi connectivity index (χ0v) is 13.9. The van der Waals surface area contributed by atoms with Gasteiger partial charge in [-0.2, -0.15) is 11.8 Å². The number of hydrogen-bond acceptors (Lipinski definition) is 2. The van der Waals surface area contributed by atoms with E-state index in [9.17, 15) is 13.6 Å². The molecule has 0 aliphatic carbocycles. The van der Waals surface area contributed by atoms with Gasteiger partial charge in [-0.25, -0.2) is 8.78 Å². The molecule has 2 nitrogen and oxygen atoms in total. The van der Waals surface area contributed by atoms with E-state index in [1.165, 1.54) is 30.0 Å². The fraction of sp³-hybridized carbons (Fsp3) is 0.235. The molecular weight excluding hydrogens is 340 g/mol. The topological polar surface area (TPSA) is 29.1 Å². The van der Waals surface area contributed by atoms with Gasteiger partial charge in [-0.1, -0.05) is 29.8 Å². The number of benzene rings is 2. The number of hydrogen-bond donors (Lipinski definition) is 1. The van der Waals surface area contributed by atoms with Gasteiger partial charge in [0, 0.05) is 28.6 Å². The Balaban J connectivity index is 1.67. The Hall–Kier alpha value is -1.59. The van der Waals surface area contributed by atoms with E-state index in [0.29, 0.717) is 28.6 Å². The Labute approximate surface area is 143 Å². The highest BCUT2D eigenvalue weighted by Gasteiger charge is 2.07. The molecule has 0 aliphatic heterocycles. The molecule has 0 atom stereocenters. The molecule has 2 rings (SSSR count). The maximum Gasteiger partial charge on any atom is 0.224 e. The van der Waals surface area contributed by atoms with Crippen LogP contribution in [0.3, 0.4) is 0 Å². The Kier molecular flexibility index (Phi) is 6.86. The highest BCUT2D eigenvalue weighted by Crippen LogP contribution is 2.23. The number of carbonyl (C=O) groups excluding carboxylic acids is 1. The van der Waals surface area contributed by atoms with Crippen molar-refractivity contribution in [3.63, 3.8) is 0 Å². The lowest BCUT2D eigenvalue weighted by Crippen LogP contribution is -2.27. The molecule has 0 saturated heterocycles. The number of rotatable bonds is 7. The molecule has 2 aromatic carbocycles. The highest BCUT2D eigenvalue weighted by atomic mass is 35.5. The molecule has 6 heteroatoms. The normalized spacial score (nSPS) is 10.6. The summed E-state index contributed by atoms with van der Waals surface area (Å²) in [6.07, 6.45) is 0.212. The first-order valence-electron chi connectivity index (χ1n) is 7.08. The fourth-order valence-corrected chi connectivity index (χ4v) is 3.15. The van der Waals surface area contributed by atoms with Crippen molar-refractivity contribution < 1.29 is 13.6 Å². The zero-order valence-electron chi connectivity index (χ0n) is 12.3. The van der Waals surface area contributed by atoms with Gasteiger partial charge in [0.2, 0.25) is 5.91 Å². The Morgan fingerprint density at radius 1 is 1.13 bits per heavy atom. The predicted octanol–water partition coefficient (Wildman–Crippen LogP) is 4.21. The van der Waals surface area contributed by atoms with Crippen molar-refractivity contribution in [1.29, 1.82) is 0 Å². The van der Waals surface area contributed by atoms with E-state index in [1.807, 2.05) is 0 Å². The van der Waals surface area contributed by atoms with Gasteiger partial charge < -0.3 is 5.32 Å². The van der Waals surface area contributed by atoms with Crippen LogP contribution in [0.2, 0.25) is 5.02 Å². The molecule has 0 radical (unpaired) electrons. The van der Waals surface area contributed by atoms with Crippen LogP contribution in [-0.2, 0) is 17.0 Å². The van der Waals surface area contributed by atoms with Gasteiger partial charge in [0.1, 0.15) is 11.6 Å². The first-order valence-corrected chi connectivity index (χ1v) is 8.61. The lowest BCUT2D eigenvalue weighted by molar-refractivity contribution is -0.120. The van der Waals surface area contributed by atoms with E-state index in [2.05, 4.69) is 5.32 Å². The number of carbonyl (C=O) groups is 1. The Morgan fingerprint density at radius 2 is 1.87 bits per heavy atom. The van der Waals surface area contributed by atoms with Crippen LogP contribution in [0.1, 0.15) is 11.1 Å². The molecule has 0 spiro atoms. The minimum Gasteiger partial charge on any atom is -0.355 e. The molecule has 0 aliphatic rings. The summed E-state index contributed by atoms with van der Waals surface area (Å²) in [5.41, 5.74) is 1.24. The maximum atomic E-state index is 13.6. The predicted molar refractivity (Wildman–Crippen MR) is 90.7 cm³/mol. The second kappa shape index (κ2) is 8.89. The quantitative estimate of drug-likeness (QED) is 0.754. The number of nitrogens with one attached hydrogen (secondary N) is 1. The summed E-state index contributed by atoms with van der Waals surface area (Å²) >= 11 is 7.44. The first kappa shape index (κ1) is 17.8. The smallest absolute Gasteiger partial charge is 0.224 e. The summed E-state index contributed by atoms with van der Waals surface area (Å²) in [5.74, 6) is 0.350. The van der Waals surface area contributed by atoms with E-state index in [-0.39, 0.29) is 24.0 Å². The highest BCUT2D eigenvalue weighted by molar-refractivity contribution is 7.98. The third kappa shape index (κ3) is 5.84. The molecule has 1 amide bonds. The van der Waals surface area contributed by atoms with E-state index in [1.54, 1.807) is 24.3 Å². The second-order valence-corrected chi connectivity index (χ2v) is 6.42. The molecule has 0 heterocycles. The molecule has 1 N–H and O–H groups in total. The lowest BCUT2D eigenvalue weighted by Gasteiger charge is -2.07. The van der Waals surface area contributed by atoms with Crippen molar-refractivity contribution in [2.75, 3.05) is 12.3 Å². The molecule has 0 bridgehead atoms. The van der Waals surface area contributed by atoms with Crippen LogP contribution in [0.25, 0.3) is 0 Å². The van der Waals surface area contributed by atoms with E-state index < -0.39 is 0 Å².